The average Bonchev–Trinajstić information content (AvgIpc) is 2.43. The summed E-state index contributed by atoms with van der Waals surface area (Å²) < 4.78 is 10.1. The van der Waals surface area contributed by atoms with Crippen molar-refractivity contribution in [2.45, 2.75) is 32.4 Å². The predicted molar refractivity (Wildman–Crippen MR) is 79.7 cm³/mol. The van der Waals surface area contributed by atoms with Gasteiger partial charge in [-0.25, -0.2) is 9.59 Å². The van der Waals surface area contributed by atoms with Gasteiger partial charge in [-0.15, -0.1) is 0 Å². The Morgan fingerprint density at radius 2 is 1.86 bits per heavy atom. The van der Waals surface area contributed by atoms with E-state index in [1.54, 1.807) is 26.8 Å². The molecule has 1 aliphatic rings. The minimum atomic E-state index is -0.869. The molecule has 0 spiro atoms. The van der Waals surface area contributed by atoms with Crippen molar-refractivity contribution in [2.24, 2.45) is 0 Å². The highest BCUT2D eigenvalue weighted by Crippen LogP contribution is 2.28. The first-order chi connectivity index (χ1) is 9.81. The van der Waals surface area contributed by atoms with Gasteiger partial charge in [0, 0.05) is 5.69 Å². The topological polar surface area (TPSA) is 64.6 Å². The van der Waals surface area contributed by atoms with Crippen molar-refractivity contribution < 1.29 is 19.1 Å². The van der Waals surface area contributed by atoms with Crippen LogP contribution >= 0.6 is 0 Å². The molecule has 1 heterocycles. The van der Waals surface area contributed by atoms with Crippen LogP contribution in [0.3, 0.4) is 0 Å². The van der Waals surface area contributed by atoms with E-state index in [2.05, 4.69) is 5.32 Å². The lowest BCUT2D eigenvalue weighted by atomic mass is 9.97. The molecule has 0 aliphatic carbocycles. The normalized spacial score (nSPS) is 17.1. The van der Waals surface area contributed by atoms with E-state index in [-0.39, 0.29) is 5.57 Å². The van der Waals surface area contributed by atoms with E-state index in [9.17, 15) is 9.59 Å². The third-order valence-electron chi connectivity index (χ3n) is 2.95. The van der Waals surface area contributed by atoms with Crippen LogP contribution in [0.5, 0.6) is 0 Å². The van der Waals surface area contributed by atoms with Crippen LogP contribution in [0.2, 0.25) is 0 Å². The first kappa shape index (κ1) is 15.1. The molecule has 112 valence electrons. The third kappa shape index (κ3) is 3.42. The van der Waals surface area contributed by atoms with E-state index in [1.807, 2.05) is 24.3 Å². The average molecular weight is 289 g/mol. The first-order valence-electron chi connectivity index (χ1n) is 6.70. The SMILES string of the molecule is COC(=O)C1=Cc2ccccc2NC1C(=O)OC(C)(C)C. The van der Waals surface area contributed by atoms with E-state index in [0.29, 0.717) is 0 Å². The second-order valence-corrected chi connectivity index (χ2v) is 5.79. The number of para-hydroxylation sites is 1. The highest BCUT2D eigenvalue weighted by molar-refractivity contribution is 6.05. The van der Waals surface area contributed by atoms with E-state index in [0.717, 1.165) is 11.3 Å². The van der Waals surface area contributed by atoms with E-state index >= 15 is 0 Å². The number of fused-ring (bicyclic) bond motifs is 1. The largest absolute Gasteiger partial charge is 0.466 e. The Hall–Kier alpha value is -2.30. The quantitative estimate of drug-likeness (QED) is 0.847. The molecule has 1 unspecified atom stereocenters. The number of hydrogen-bond acceptors (Lipinski definition) is 5. The van der Waals surface area contributed by atoms with E-state index in [1.165, 1.54) is 7.11 Å². The van der Waals surface area contributed by atoms with Crippen molar-refractivity contribution in [3.05, 3.63) is 35.4 Å². The molecular weight excluding hydrogens is 270 g/mol. The number of carbonyl (C=O) groups is 2. The van der Waals surface area contributed by atoms with E-state index < -0.39 is 23.6 Å². The molecule has 0 amide bonds. The Morgan fingerprint density at radius 3 is 2.48 bits per heavy atom. The lowest BCUT2D eigenvalue weighted by molar-refractivity contribution is -0.156. The molecule has 5 nitrogen and oxygen atoms in total. The molecule has 0 saturated heterocycles. The summed E-state index contributed by atoms with van der Waals surface area (Å²) in [5.74, 6) is -1.05. The molecule has 1 aromatic carbocycles. The van der Waals surface area contributed by atoms with Crippen LogP contribution in [-0.2, 0) is 19.1 Å². The fraction of sp³-hybridized carbons (Fsp3) is 0.375. The summed E-state index contributed by atoms with van der Waals surface area (Å²) in [5.41, 5.74) is 1.22. The van der Waals surface area contributed by atoms with Gasteiger partial charge in [0.15, 0.2) is 6.04 Å². The van der Waals surface area contributed by atoms with Crippen molar-refractivity contribution in [3.8, 4) is 0 Å². The zero-order chi connectivity index (χ0) is 15.6. The van der Waals surface area contributed by atoms with Crippen LogP contribution in [0.15, 0.2) is 29.8 Å². The number of benzene rings is 1. The lowest BCUT2D eigenvalue weighted by Gasteiger charge is -2.28. The molecule has 0 saturated carbocycles. The standard InChI is InChI=1S/C16H19NO4/c1-16(2,3)21-15(19)13-11(14(18)20-4)9-10-7-5-6-8-12(10)17-13/h5-9,13,17H,1-4H3. The molecule has 2 rings (SSSR count). The summed E-state index contributed by atoms with van der Waals surface area (Å²) in [6, 6.07) is 6.55. The fourth-order valence-corrected chi connectivity index (χ4v) is 2.08. The lowest BCUT2D eigenvalue weighted by Crippen LogP contribution is -2.41. The van der Waals surface area contributed by atoms with Crippen LogP contribution in [0.4, 0.5) is 5.69 Å². The number of ether oxygens (including phenoxy) is 2. The van der Waals surface area contributed by atoms with Crippen LogP contribution in [-0.4, -0.2) is 30.7 Å². The summed E-state index contributed by atoms with van der Waals surface area (Å²) in [7, 11) is 1.29. The smallest absolute Gasteiger partial charge is 0.336 e. The fourth-order valence-electron chi connectivity index (χ4n) is 2.08. The third-order valence-corrected chi connectivity index (χ3v) is 2.95. The molecule has 1 aromatic rings. The Labute approximate surface area is 123 Å². The van der Waals surface area contributed by atoms with Gasteiger partial charge in [0.1, 0.15) is 5.60 Å². The van der Waals surface area contributed by atoms with Gasteiger partial charge < -0.3 is 14.8 Å². The summed E-state index contributed by atoms with van der Waals surface area (Å²) >= 11 is 0. The molecule has 5 heteroatoms. The molecule has 0 fully saturated rings. The molecule has 1 atom stereocenters. The number of carbonyl (C=O) groups excluding carboxylic acids is 2. The summed E-state index contributed by atoms with van der Waals surface area (Å²) in [5, 5.41) is 3.04. The Balaban J connectivity index is 2.37. The zero-order valence-electron chi connectivity index (χ0n) is 12.6. The molecule has 0 radical (unpaired) electrons. The van der Waals surface area contributed by atoms with Gasteiger partial charge in [-0.1, -0.05) is 18.2 Å². The monoisotopic (exact) mass is 289 g/mol. The number of nitrogens with one attached hydrogen (secondary N) is 1. The van der Waals surface area contributed by atoms with Crippen LogP contribution in [0, 0.1) is 0 Å². The number of rotatable bonds is 2. The maximum atomic E-state index is 12.3. The minimum Gasteiger partial charge on any atom is -0.466 e. The summed E-state index contributed by atoms with van der Waals surface area (Å²) in [4.78, 5) is 24.2. The van der Waals surface area contributed by atoms with Crippen molar-refractivity contribution in [1.29, 1.82) is 0 Å². The van der Waals surface area contributed by atoms with Gasteiger partial charge in [-0.05, 0) is 38.5 Å². The number of anilines is 1. The van der Waals surface area contributed by atoms with Gasteiger partial charge >= 0.3 is 11.9 Å². The second kappa shape index (κ2) is 5.60. The number of esters is 2. The first-order valence-corrected chi connectivity index (χ1v) is 6.70. The molecular formula is C16H19NO4. The predicted octanol–water partition coefficient (Wildman–Crippen LogP) is 2.38. The number of methoxy groups -OCH3 is 1. The maximum absolute atomic E-state index is 12.3. The maximum Gasteiger partial charge on any atom is 0.336 e. The van der Waals surface area contributed by atoms with Crippen molar-refractivity contribution in [3.63, 3.8) is 0 Å². The minimum absolute atomic E-state index is 0.241. The van der Waals surface area contributed by atoms with E-state index in [4.69, 9.17) is 9.47 Å². The van der Waals surface area contributed by atoms with Gasteiger partial charge in [-0.2, -0.15) is 0 Å². The van der Waals surface area contributed by atoms with Gasteiger partial charge in [0.2, 0.25) is 0 Å². The Morgan fingerprint density at radius 1 is 1.19 bits per heavy atom. The molecule has 1 N–H and O–H groups in total. The summed E-state index contributed by atoms with van der Waals surface area (Å²) in [6.45, 7) is 5.34. The van der Waals surface area contributed by atoms with Gasteiger partial charge in [-0.3, -0.25) is 0 Å². The second-order valence-electron chi connectivity index (χ2n) is 5.79. The Kier molecular flexibility index (Phi) is 4.02. The van der Waals surface area contributed by atoms with Crippen LogP contribution in [0.1, 0.15) is 26.3 Å². The zero-order valence-corrected chi connectivity index (χ0v) is 12.6. The van der Waals surface area contributed by atoms with Crippen LogP contribution in [0.25, 0.3) is 6.08 Å². The van der Waals surface area contributed by atoms with Crippen molar-refractivity contribution >= 4 is 23.7 Å². The molecule has 21 heavy (non-hydrogen) atoms. The van der Waals surface area contributed by atoms with Crippen molar-refractivity contribution in [1.82, 2.24) is 0 Å². The van der Waals surface area contributed by atoms with Crippen molar-refractivity contribution in [2.75, 3.05) is 12.4 Å². The summed E-state index contributed by atoms with van der Waals surface area (Å²) in [6.07, 6.45) is 1.66. The van der Waals surface area contributed by atoms with Crippen LogP contribution < -0.4 is 5.32 Å². The van der Waals surface area contributed by atoms with Gasteiger partial charge in [0.05, 0.1) is 12.7 Å². The molecule has 1 aliphatic heterocycles. The highest BCUT2D eigenvalue weighted by atomic mass is 16.6. The van der Waals surface area contributed by atoms with Gasteiger partial charge in [0.25, 0.3) is 0 Å². The molecule has 0 bridgehead atoms. The molecule has 0 aromatic heterocycles. The number of hydrogen-bond donors (Lipinski definition) is 1. The Bertz CT molecular complexity index is 599. The highest BCUT2D eigenvalue weighted by Gasteiger charge is 2.35.